The van der Waals surface area contributed by atoms with Crippen molar-refractivity contribution in [2.24, 2.45) is 0 Å². The van der Waals surface area contributed by atoms with Gasteiger partial charge in [-0.1, -0.05) is 276 Å². The number of fused-ring (bicyclic) bond motifs is 8. The van der Waals surface area contributed by atoms with E-state index >= 15 is 0 Å². The van der Waals surface area contributed by atoms with E-state index in [9.17, 15) is 0 Å². The van der Waals surface area contributed by atoms with E-state index in [-0.39, 0.29) is 0 Å². The molecule has 0 nitrogen and oxygen atoms in total. The van der Waals surface area contributed by atoms with Crippen LogP contribution in [0.5, 0.6) is 0 Å². The van der Waals surface area contributed by atoms with Crippen molar-refractivity contribution in [3.8, 4) is 46.6 Å². The Morgan fingerprint density at radius 3 is 0.663 bits per heavy atom. The first kappa shape index (κ1) is 57.6. The minimum Gasteiger partial charge on any atom is -0.125 e. The van der Waals surface area contributed by atoms with Crippen LogP contribution in [0.15, 0.2) is 212 Å². The van der Waals surface area contributed by atoms with Crippen molar-refractivity contribution in [1.82, 2.24) is 0 Å². The van der Waals surface area contributed by atoms with Gasteiger partial charge >= 0.3 is 0 Å². The molecule has 12 rings (SSSR count). The monoisotopic (exact) mass is 1140 g/mol. The smallest absolute Gasteiger partial charge is 0.125 e. The van der Waals surface area contributed by atoms with Gasteiger partial charge in [0.05, 0.1) is 5.57 Å². The van der Waals surface area contributed by atoms with Crippen molar-refractivity contribution < 1.29 is 0 Å². The molecule has 0 saturated carbocycles. The third-order valence-corrected chi connectivity index (χ3v) is 31.8. The zero-order valence-corrected chi connectivity index (χ0v) is 54.1. The van der Waals surface area contributed by atoms with E-state index < -0.39 is 16.1 Å². The number of benzene rings is 12. The molecule has 0 N–H and O–H groups in total. The Balaban J connectivity index is 1.22. The number of hydrogen-bond donors (Lipinski definition) is 0. The largest absolute Gasteiger partial charge is 0.146 e. The van der Waals surface area contributed by atoms with Gasteiger partial charge in [-0.25, -0.2) is 0 Å². The zero-order chi connectivity index (χ0) is 60.0. The average molecular weight is 1140 g/mol. The minimum absolute atomic E-state index is 0.487. The van der Waals surface area contributed by atoms with Gasteiger partial charge in [-0.15, -0.1) is 11.1 Å². The molecule has 12 aromatic rings. The molecule has 0 unspecified atom stereocenters. The molecule has 0 atom stereocenters. The predicted octanol–water partition coefficient (Wildman–Crippen LogP) is 23.0. The molecule has 0 aliphatic carbocycles. The fourth-order valence-electron chi connectivity index (χ4n) is 15.0. The van der Waals surface area contributed by atoms with Crippen LogP contribution >= 0.6 is 0 Å². The van der Waals surface area contributed by atoms with Gasteiger partial charge in [0.2, 0.25) is 0 Å². The van der Waals surface area contributed by atoms with E-state index in [1.54, 1.807) is 0 Å². The summed E-state index contributed by atoms with van der Waals surface area (Å²) in [7, 11) is -4.31. The highest BCUT2D eigenvalue weighted by Crippen LogP contribution is 2.45. The molecule has 0 spiro atoms. The standard InChI is InChI=1S/C84H76Si2/c1-55(2)85(56(3)4,57(5)6)45-43-74-80-51-68-35-23-19-31-64(68)47-76(80)72(77-48-65-32-20-24-36-69(65)52-81(74)77)41-39-63(84(61-27-15-13-16-28-61)62-29-17-14-18-30-62)40-42-73-78-49-66-33-21-25-37-70(66)53-82(78)75(44-46-86(58(7)8,59(9)10)60(11)12)83-54-71-38-26-22-34-67(71)50-79(73)83/h13-38,47-60H,1-12H3. The van der Waals surface area contributed by atoms with E-state index in [4.69, 9.17) is 0 Å². The predicted molar refractivity (Wildman–Crippen MR) is 381 cm³/mol. The molecule has 0 aliphatic rings. The molecule has 420 valence electrons. The van der Waals surface area contributed by atoms with Crippen LogP contribution in [0.4, 0.5) is 0 Å². The maximum Gasteiger partial charge on any atom is 0.146 e. The van der Waals surface area contributed by atoms with Crippen molar-refractivity contribution in [2.45, 2.75) is 116 Å². The van der Waals surface area contributed by atoms with Crippen LogP contribution in [0, 0.1) is 46.6 Å². The van der Waals surface area contributed by atoms with Crippen LogP contribution in [0.1, 0.15) is 116 Å². The van der Waals surface area contributed by atoms with Crippen molar-refractivity contribution in [1.29, 1.82) is 0 Å². The summed E-state index contributed by atoms with van der Waals surface area (Å²) in [5.74, 6) is 24.0. The third kappa shape index (κ3) is 10.2. The fourth-order valence-corrected chi connectivity index (χ4v) is 25.4. The van der Waals surface area contributed by atoms with E-state index in [1.807, 2.05) is 0 Å². The molecule has 0 aromatic heterocycles. The van der Waals surface area contributed by atoms with Gasteiger partial charge in [0.25, 0.3) is 0 Å². The summed E-state index contributed by atoms with van der Waals surface area (Å²) in [6.07, 6.45) is 0. The second-order valence-corrected chi connectivity index (χ2v) is 36.9. The lowest BCUT2D eigenvalue weighted by atomic mass is 9.88. The molecule has 0 radical (unpaired) electrons. The van der Waals surface area contributed by atoms with Gasteiger partial charge in [0.1, 0.15) is 16.1 Å². The van der Waals surface area contributed by atoms with Gasteiger partial charge < -0.3 is 0 Å². The highest BCUT2D eigenvalue weighted by molar-refractivity contribution is 6.91. The highest BCUT2D eigenvalue weighted by Gasteiger charge is 2.43. The Morgan fingerprint density at radius 1 is 0.256 bits per heavy atom. The molecule has 0 heterocycles. The molecule has 12 aromatic carbocycles. The summed E-state index contributed by atoms with van der Waals surface area (Å²) in [5, 5.41) is 18.3. The Kier molecular flexibility index (Phi) is 15.8. The Bertz CT molecular complexity index is 4410. The Hall–Kier alpha value is -8.87. The van der Waals surface area contributed by atoms with E-state index in [2.05, 4.69) is 336 Å². The van der Waals surface area contributed by atoms with Crippen molar-refractivity contribution in [3.63, 3.8) is 0 Å². The van der Waals surface area contributed by atoms with Crippen LogP contribution in [0.3, 0.4) is 0 Å². The summed E-state index contributed by atoms with van der Waals surface area (Å²) in [6.45, 7) is 28.9. The summed E-state index contributed by atoms with van der Waals surface area (Å²) in [5.41, 5.74) is 19.2. The maximum absolute atomic E-state index is 4.18. The SMILES string of the molecule is CC(C)[Si](C#Cc1c2cc3ccccc3cc2c(C#CC(C#Cc2c3cc4ccccc4cc3c(C#C[Si](C(C)C)(C(C)C)C(C)C)c3cc4ccccc4cc23)=C(c2ccccc2)c2ccccc2)c2cc3ccccc3cc12)(C(C)C)C(C)C. The summed E-state index contributed by atoms with van der Waals surface area (Å²) >= 11 is 0. The topological polar surface area (TPSA) is 0 Å². The number of allylic oxidation sites excluding steroid dienone is 1. The first-order chi connectivity index (χ1) is 41.6. The number of rotatable bonds is 8. The third-order valence-electron chi connectivity index (χ3n) is 19.2. The second kappa shape index (κ2) is 23.5. The van der Waals surface area contributed by atoms with E-state index in [0.29, 0.717) is 33.2 Å². The lowest BCUT2D eigenvalue weighted by Crippen LogP contribution is -2.43. The summed E-state index contributed by atoms with van der Waals surface area (Å²) in [6, 6.07) is 75.4. The molecule has 0 amide bonds. The molecular formula is C84H76Si2. The molecule has 0 aliphatic heterocycles. The van der Waals surface area contributed by atoms with Crippen LogP contribution in [-0.2, 0) is 0 Å². The maximum atomic E-state index is 4.18. The first-order valence-electron chi connectivity index (χ1n) is 31.2. The molecule has 2 heteroatoms. The van der Waals surface area contributed by atoms with Crippen LogP contribution in [-0.4, -0.2) is 16.1 Å². The summed E-state index contributed by atoms with van der Waals surface area (Å²) in [4.78, 5) is 0. The van der Waals surface area contributed by atoms with Crippen molar-refractivity contribution >= 4 is 108 Å². The quantitative estimate of drug-likeness (QED) is 0.0808. The summed E-state index contributed by atoms with van der Waals surface area (Å²) < 4.78 is 0. The molecule has 86 heavy (non-hydrogen) atoms. The average Bonchev–Trinajstić information content (AvgIpc) is 1.35. The first-order valence-corrected chi connectivity index (χ1v) is 35.6. The lowest BCUT2D eigenvalue weighted by Gasteiger charge is -2.38. The fraction of sp³-hybridized carbons (Fsp3) is 0.214. The number of hydrogen-bond acceptors (Lipinski definition) is 0. The zero-order valence-electron chi connectivity index (χ0n) is 52.1. The van der Waals surface area contributed by atoms with Crippen molar-refractivity contribution in [3.05, 3.63) is 245 Å². The van der Waals surface area contributed by atoms with Crippen molar-refractivity contribution in [2.75, 3.05) is 0 Å². The van der Waals surface area contributed by atoms with Crippen LogP contribution in [0.25, 0.3) is 91.8 Å². The molecule has 0 saturated heterocycles. The van der Waals surface area contributed by atoms with Gasteiger partial charge in [-0.3, -0.25) is 0 Å². The van der Waals surface area contributed by atoms with Gasteiger partial charge in [-0.05, 0) is 179 Å². The van der Waals surface area contributed by atoms with Gasteiger partial charge in [-0.2, -0.15) is 0 Å². The van der Waals surface area contributed by atoms with Gasteiger partial charge in [0.15, 0.2) is 0 Å². The normalized spacial score (nSPS) is 12.0. The molecular weight excluding hydrogens is 1070 g/mol. The second-order valence-electron chi connectivity index (χ2n) is 25.8. The minimum atomic E-state index is -2.16. The van der Waals surface area contributed by atoms with E-state index in [1.165, 1.54) is 43.1 Å². The highest BCUT2D eigenvalue weighted by atomic mass is 28.3. The van der Waals surface area contributed by atoms with Crippen LogP contribution < -0.4 is 0 Å². The molecule has 0 bridgehead atoms. The Labute approximate surface area is 512 Å². The van der Waals surface area contributed by atoms with E-state index in [0.717, 1.165) is 87.6 Å². The lowest BCUT2D eigenvalue weighted by molar-refractivity contribution is 0.838. The Morgan fingerprint density at radius 2 is 0.453 bits per heavy atom. The van der Waals surface area contributed by atoms with Gasteiger partial charge in [0, 0.05) is 27.8 Å². The molecule has 0 fully saturated rings. The van der Waals surface area contributed by atoms with Crippen LogP contribution in [0.2, 0.25) is 33.2 Å².